The standard InChI is InChI=1S/C19H16Cl2N2O3/c1-11-8-18(25)23(19-13(11)4-3-5-16(19)26-2)10-17(24)22-15-9-12(20)6-7-14(15)21/h3-9H,10H2,1-2H3,(H,22,24). The minimum absolute atomic E-state index is 0.182. The Balaban J connectivity index is 2.02. The van der Waals surface area contributed by atoms with Crippen LogP contribution < -0.4 is 15.6 Å². The number of methoxy groups -OCH3 is 1. The number of aromatic nitrogens is 1. The van der Waals surface area contributed by atoms with Gasteiger partial charge in [0.05, 0.1) is 23.3 Å². The van der Waals surface area contributed by atoms with E-state index in [0.29, 0.717) is 27.0 Å². The van der Waals surface area contributed by atoms with Gasteiger partial charge in [-0.15, -0.1) is 0 Å². The van der Waals surface area contributed by atoms with Gasteiger partial charge in [-0.1, -0.05) is 35.3 Å². The van der Waals surface area contributed by atoms with E-state index < -0.39 is 5.91 Å². The lowest BCUT2D eigenvalue weighted by atomic mass is 10.1. The maximum Gasteiger partial charge on any atom is 0.251 e. The first-order valence-corrected chi connectivity index (χ1v) is 8.58. The maximum atomic E-state index is 12.5. The molecule has 5 nitrogen and oxygen atoms in total. The second-order valence-electron chi connectivity index (χ2n) is 5.78. The first kappa shape index (κ1) is 18.3. The summed E-state index contributed by atoms with van der Waals surface area (Å²) in [6.45, 7) is 1.66. The molecule has 0 aliphatic heterocycles. The number of fused-ring (bicyclic) bond motifs is 1. The molecule has 0 saturated heterocycles. The lowest BCUT2D eigenvalue weighted by Gasteiger charge is -2.15. The molecule has 0 saturated carbocycles. The van der Waals surface area contributed by atoms with Crippen molar-refractivity contribution in [1.29, 1.82) is 0 Å². The molecule has 0 radical (unpaired) electrons. The number of carbonyl (C=O) groups excluding carboxylic acids is 1. The van der Waals surface area contributed by atoms with Gasteiger partial charge in [0.2, 0.25) is 5.91 Å². The third-order valence-corrected chi connectivity index (χ3v) is 4.59. The van der Waals surface area contributed by atoms with Gasteiger partial charge in [-0.25, -0.2) is 0 Å². The van der Waals surface area contributed by atoms with Crippen molar-refractivity contribution in [2.24, 2.45) is 0 Å². The molecule has 3 aromatic rings. The normalized spacial score (nSPS) is 10.8. The molecule has 0 atom stereocenters. The van der Waals surface area contributed by atoms with Crippen LogP contribution in [0.3, 0.4) is 0 Å². The Morgan fingerprint density at radius 1 is 1.19 bits per heavy atom. The minimum Gasteiger partial charge on any atom is -0.495 e. The van der Waals surface area contributed by atoms with E-state index in [0.717, 1.165) is 10.9 Å². The summed E-state index contributed by atoms with van der Waals surface area (Å²) in [5.74, 6) is 0.129. The topological polar surface area (TPSA) is 60.3 Å². The van der Waals surface area contributed by atoms with Gasteiger partial charge in [0.1, 0.15) is 12.3 Å². The Labute approximate surface area is 160 Å². The highest BCUT2D eigenvalue weighted by Gasteiger charge is 2.15. The largest absolute Gasteiger partial charge is 0.495 e. The number of halogens is 2. The third-order valence-electron chi connectivity index (χ3n) is 4.02. The van der Waals surface area contributed by atoms with Crippen molar-refractivity contribution in [3.63, 3.8) is 0 Å². The summed E-state index contributed by atoms with van der Waals surface area (Å²) in [5.41, 5.74) is 1.50. The summed E-state index contributed by atoms with van der Waals surface area (Å²) in [6.07, 6.45) is 0. The van der Waals surface area contributed by atoms with Crippen LogP contribution in [0.25, 0.3) is 10.9 Å². The van der Waals surface area contributed by atoms with Gasteiger partial charge in [-0.2, -0.15) is 0 Å². The average molecular weight is 391 g/mol. The predicted molar refractivity (Wildman–Crippen MR) is 105 cm³/mol. The van der Waals surface area contributed by atoms with E-state index in [4.69, 9.17) is 27.9 Å². The lowest BCUT2D eigenvalue weighted by molar-refractivity contribution is -0.116. The zero-order valence-corrected chi connectivity index (χ0v) is 15.7. The number of rotatable bonds is 4. The van der Waals surface area contributed by atoms with Crippen molar-refractivity contribution >= 4 is 45.7 Å². The number of benzene rings is 2. The summed E-state index contributed by atoms with van der Waals surface area (Å²) < 4.78 is 6.77. The number of ether oxygens (including phenoxy) is 1. The number of para-hydroxylation sites is 1. The zero-order chi connectivity index (χ0) is 18.8. The highest BCUT2D eigenvalue weighted by Crippen LogP contribution is 2.27. The lowest BCUT2D eigenvalue weighted by Crippen LogP contribution is -2.28. The number of aryl methyl sites for hydroxylation is 1. The second-order valence-corrected chi connectivity index (χ2v) is 6.62. The molecule has 134 valence electrons. The number of carbonyl (C=O) groups is 1. The first-order valence-electron chi connectivity index (χ1n) is 7.82. The molecule has 1 heterocycles. The number of pyridine rings is 1. The molecule has 0 aliphatic carbocycles. The number of nitrogens with zero attached hydrogens (tertiary/aromatic N) is 1. The van der Waals surface area contributed by atoms with Gasteiger partial charge in [-0.05, 0) is 36.8 Å². The van der Waals surface area contributed by atoms with Crippen LogP contribution in [0.2, 0.25) is 10.0 Å². The summed E-state index contributed by atoms with van der Waals surface area (Å²) >= 11 is 12.0. The van der Waals surface area contributed by atoms with Crippen LogP contribution in [0.1, 0.15) is 5.56 Å². The van der Waals surface area contributed by atoms with Gasteiger partial charge < -0.3 is 10.1 Å². The molecular formula is C19H16Cl2N2O3. The minimum atomic E-state index is -0.396. The highest BCUT2D eigenvalue weighted by atomic mass is 35.5. The fraction of sp³-hybridized carbons (Fsp3) is 0.158. The average Bonchev–Trinajstić information content (AvgIpc) is 2.61. The van der Waals surface area contributed by atoms with Crippen LogP contribution in [0.4, 0.5) is 5.69 Å². The third kappa shape index (κ3) is 3.54. The molecule has 0 fully saturated rings. The predicted octanol–water partition coefficient (Wildman–Crippen LogP) is 4.26. The Morgan fingerprint density at radius 2 is 1.96 bits per heavy atom. The van der Waals surface area contributed by atoms with Crippen LogP contribution in [0.15, 0.2) is 47.3 Å². The van der Waals surface area contributed by atoms with Crippen molar-refractivity contribution < 1.29 is 9.53 Å². The Bertz CT molecular complexity index is 1060. The van der Waals surface area contributed by atoms with Crippen molar-refractivity contribution in [2.45, 2.75) is 13.5 Å². The Morgan fingerprint density at radius 3 is 2.69 bits per heavy atom. The summed E-state index contributed by atoms with van der Waals surface area (Å²) in [6, 6.07) is 11.8. The molecule has 1 aromatic heterocycles. The van der Waals surface area contributed by atoms with E-state index in [9.17, 15) is 9.59 Å². The van der Waals surface area contributed by atoms with Crippen molar-refractivity contribution in [2.75, 3.05) is 12.4 Å². The first-order chi connectivity index (χ1) is 12.4. The molecule has 0 spiro atoms. The molecule has 0 bridgehead atoms. The fourth-order valence-corrected chi connectivity index (χ4v) is 3.16. The van der Waals surface area contributed by atoms with Crippen molar-refractivity contribution in [3.8, 4) is 5.75 Å². The summed E-state index contributed by atoms with van der Waals surface area (Å²) in [5, 5.41) is 4.34. The van der Waals surface area contributed by atoms with E-state index in [1.54, 1.807) is 24.3 Å². The van der Waals surface area contributed by atoms with E-state index in [-0.39, 0.29) is 12.1 Å². The van der Waals surface area contributed by atoms with Gasteiger partial charge >= 0.3 is 0 Å². The van der Waals surface area contributed by atoms with Crippen LogP contribution in [0.5, 0.6) is 5.75 Å². The number of hydrogen-bond acceptors (Lipinski definition) is 3. The highest BCUT2D eigenvalue weighted by molar-refractivity contribution is 6.35. The SMILES string of the molecule is COc1cccc2c(C)cc(=O)n(CC(=O)Nc3cc(Cl)ccc3Cl)c12. The molecule has 1 N–H and O–H groups in total. The molecule has 7 heteroatoms. The summed E-state index contributed by atoms with van der Waals surface area (Å²) in [7, 11) is 1.53. The molecule has 0 unspecified atom stereocenters. The molecule has 2 aromatic carbocycles. The monoisotopic (exact) mass is 390 g/mol. The van der Waals surface area contributed by atoms with Crippen LogP contribution in [-0.2, 0) is 11.3 Å². The van der Waals surface area contributed by atoms with E-state index >= 15 is 0 Å². The van der Waals surface area contributed by atoms with E-state index in [1.807, 2.05) is 19.1 Å². The van der Waals surface area contributed by atoms with Crippen LogP contribution in [0, 0.1) is 6.92 Å². The smallest absolute Gasteiger partial charge is 0.251 e. The van der Waals surface area contributed by atoms with Crippen molar-refractivity contribution in [1.82, 2.24) is 4.57 Å². The van der Waals surface area contributed by atoms with Crippen LogP contribution in [-0.4, -0.2) is 17.6 Å². The Kier molecular flexibility index (Phi) is 5.20. The van der Waals surface area contributed by atoms with Gasteiger partial charge in [-0.3, -0.25) is 14.2 Å². The number of anilines is 1. The number of hydrogen-bond donors (Lipinski definition) is 1. The van der Waals surface area contributed by atoms with Gasteiger partial charge in [0.15, 0.2) is 0 Å². The van der Waals surface area contributed by atoms with E-state index in [1.165, 1.54) is 17.7 Å². The maximum absolute atomic E-state index is 12.5. The number of nitrogens with one attached hydrogen (secondary N) is 1. The van der Waals surface area contributed by atoms with Gasteiger partial charge in [0.25, 0.3) is 5.56 Å². The fourth-order valence-electron chi connectivity index (χ4n) is 2.82. The number of amides is 1. The molecule has 0 aliphatic rings. The molecular weight excluding hydrogens is 375 g/mol. The molecule has 3 rings (SSSR count). The quantitative estimate of drug-likeness (QED) is 0.723. The molecule has 26 heavy (non-hydrogen) atoms. The van der Waals surface area contributed by atoms with Crippen LogP contribution >= 0.6 is 23.2 Å². The van der Waals surface area contributed by atoms with Gasteiger partial charge in [0, 0.05) is 16.5 Å². The Hall–Kier alpha value is -2.50. The van der Waals surface area contributed by atoms with E-state index in [2.05, 4.69) is 5.32 Å². The summed E-state index contributed by atoms with van der Waals surface area (Å²) in [4.78, 5) is 25.0. The van der Waals surface area contributed by atoms with Crippen molar-refractivity contribution in [3.05, 3.63) is 68.4 Å². The second kappa shape index (κ2) is 7.40. The molecule has 1 amide bonds. The zero-order valence-electron chi connectivity index (χ0n) is 14.2.